The second kappa shape index (κ2) is 3.35. The highest BCUT2D eigenvalue weighted by molar-refractivity contribution is 5.31. The first-order valence-electron chi connectivity index (χ1n) is 4.53. The minimum absolute atomic E-state index is 0.161. The summed E-state index contributed by atoms with van der Waals surface area (Å²) in [6.07, 6.45) is 3.28. The maximum atomic E-state index is 6.05. The van der Waals surface area contributed by atoms with Gasteiger partial charge in [-0.1, -0.05) is 0 Å². The molecule has 2 rings (SSSR count). The lowest BCUT2D eigenvalue weighted by Crippen LogP contribution is -2.10. The fourth-order valence-corrected chi connectivity index (χ4v) is 1.59. The molecule has 0 aromatic carbocycles. The zero-order chi connectivity index (χ0) is 10.1. The van der Waals surface area contributed by atoms with Crippen LogP contribution in [0.15, 0.2) is 33.5 Å². The maximum Gasteiger partial charge on any atom is 0.106 e. The lowest BCUT2D eigenvalue weighted by Gasteiger charge is -2.06. The van der Waals surface area contributed by atoms with Gasteiger partial charge in [-0.3, -0.25) is 0 Å². The molecule has 0 saturated heterocycles. The van der Waals surface area contributed by atoms with Crippen molar-refractivity contribution in [3.8, 4) is 0 Å². The van der Waals surface area contributed by atoms with E-state index in [1.807, 2.05) is 26.0 Å². The molecule has 3 heteroatoms. The molecular formula is C11H13NO2. The molecule has 74 valence electrons. The molecule has 0 radical (unpaired) electrons. The third kappa shape index (κ3) is 1.46. The summed E-state index contributed by atoms with van der Waals surface area (Å²) in [5.74, 6) is 1.76. The second-order valence-electron chi connectivity index (χ2n) is 3.40. The summed E-state index contributed by atoms with van der Waals surface area (Å²) in [5.41, 5.74) is 8.04. The Hall–Kier alpha value is -1.48. The zero-order valence-corrected chi connectivity index (χ0v) is 8.28. The van der Waals surface area contributed by atoms with Crippen molar-refractivity contribution in [2.24, 2.45) is 5.73 Å². The van der Waals surface area contributed by atoms with Crippen molar-refractivity contribution in [1.29, 1.82) is 0 Å². The SMILES string of the molecule is Cc1cc(C(N)c2ccoc2)c(C)o1. The summed E-state index contributed by atoms with van der Waals surface area (Å²) in [7, 11) is 0. The number of hydrogen-bond acceptors (Lipinski definition) is 3. The van der Waals surface area contributed by atoms with Crippen molar-refractivity contribution in [2.45, 2.75) is 19.9 Å². The lowest BCUT2D eigenvalue weighted by molar-refractivity contribution is 0.499. The van der Waals surface area contributed by atoms with Crippen molar-refractivity contribution in [3.05, 3.63) is 47.3 Å². The van der Waals surface area contributed by atoms with Crippen molar-refractivity contribution in [2.75, 3.05) is 0 Å². The third-order valence-corrected chi connectivity index (χ3v) is 2.32. The molecule has 2 heterocycles. The Labute approximate surface area is 82.5 Å². The van der Waals surface area contributed by atoms with Crippen LogP contribution in [0, 0.1) is 13.8 Å². The van der Waals surface area contributed by atoms with Gasteiger partial charge in [0.25, 0.3) is 0 Å². The van der Waals surface area contributed by atoms with Crippen LogP contribution in [-0.4, -0.2) is 0 Å². The van der Waals surface area contributed by atoms with E-state index in [1.165, 1.54) is 0 Å². The number of furan rings is 2. The van der Waals surface area contributed by atoms with Crippen LogP contribution >= 0.6 is 0 Å². The fraction of sp³-hybridized carbons (Fsp3) is 0.273. The number of aryl methyl sites for hydroxylation is 2. The van der Waals surface area contributed by atoms with Crippen LogP contribution in [0.25, 0.3) is 0 Å². The van der Waals surface area contributed by atoms with Crippen LogP contribution in [0.2, 0.25) is 0 Å². The van der Waals surface area contributed by atoms with Crippen molar-refractivity contribution >= 4 is 0 Å². The summed E-state index contributed by atoms with van der Waals surface area (Å²) in [6, 6.07) is 3.67. The van der Waals surface area contributed by atoms with Gasteiger partial charge in [-0.15, -0.1) is 0 Å². The van der Waals surface area contributed by atoms with Crippen molar-refractivity contribution in [3.63, 3.8) is 0 Å². The molecule has 1 unspecified atom stereocenters. The molecule has 0 aliphatic rings. The van der Waals surface area contributed by atoms with E-state index in [2.05, 4.69) is 0 Å². The first kappa shape index (κ1) is 9.09. The molecule has 3 nitrogen and oxygen atoms in total. The topological polar surface area (TPSA) is 52.3 Å². The largest absolute Gasteiger partial charge is 0.472 e. The van der Waals surface area contributed by atoms with Crippen molar-refractivity contribution in [1.82, 2.24) is 0 Å². The van der Waals surface area contributed by atoms with Gasteiger partial charge in [0.05, 0.1) is 18.6 Å². The summed E-state index contributed by atoms with van der Waals surface area (Å²) in [6.45, 7) is 3.83. The Morgan fingerprint density at radius 2 is 2.14 bits per heavy atom. The van der Waals surface area contributed by atoms with Gasteiger partial charge in [-0.25, -0.2) is 0 Å². The molecule has 0 saturated carbocycles. The van der Waals surface area contributed by atoms with Gasteiger partial charge < -0.3 is 14.6 Å². The van der Waals surface area contributed by atoms with Gasteiger partial charge in [0.1, 0.15) is 11.5 Å². The highest BCUT2D eigenvalue weighted by Crippen LogP contribution is 2.25. The van der Waals surface area contributed by atoms with E-state index in [0.717, 1.165) is 22.6 Å². The maximum absolute atomic E-state index is 6.05. The predicted octanol–water partition coefficient (Wildman–Crippen LogP) is 2.54. The average molecular weight is 191 g/mol. The van der Waals surface area contributed by atoms with E-state index in [1.54, 1.807) is 12.5 Å². The van der Waals surface area contributed by atoms with E-state index < -0.39 is 0 Å². The first-order valence-corrected chi connectivity index (χ1v) is 4.53. The van der Waals surface area contributed by atoms with Crippen molar-refractivity contribution < 1.29 is 8.83 Å². The quantitative estimate of drug-likeness (QED) is 0.793. The lowest BCUT2D eigenvalue weighted by atomic mass is 10.0. The molecule has 1 atom stereocenters. The smallest absolute Gasteiger partial charge is 0.106 e. The number of nitrogens with two attached hydrogens (primary N) is 1. The zero-order valence-electron chi connectivity index (χ0n) is 8.28. The highest BCUT2D eigenvalue weighted by Gasteiger charge is 2.15. The molecular weight excluding hydrogens is 178 g/mol. The van der Waals surface area contributed by atoms with E-state index in [0.29, 0.717) is 0 Å². The van der Waals surface area contributed by atoms with Gasteiger partial charge in [0.2, 0.25) is 0 Å². The fourth-order valence-electron chi connectivity index (χ4n) is 1.59. The molecule has 0 aliphatic heterocycles. The Morgan fingerprint density at radius 1 is 1.36 bits per heavy atom. The average Bonchev–Trinajstić information content (AvgIpc) is 2.73. The van der Waals surface area contributed by atoms with Crippen LogP contribution in [0.3, 0.4) is 0 Å². The first-order chi connectivity index (χ1) is 6.68. The van der Waals surface area contributed by atoms with Gasteiger partial charge in [-0.05, 0) is 26.0 Å². The molecule has 0 amide bonds. The van der Waals surface area contributed by atoms with E-state index in [-0.39, 0.29) is 6.04 Å². The second-order valence-corrected chi connectivity index (χ2v) is 3.40. The van der Waals surface area contributed by atoms with Gasteiger partial charge in [0.15, 0.2) is 0 Å². The van der Waals surface area contributed by atoms with E-state index in [4.69, 9.17) is 14.6 Å². The molecule has 0 bridgehead atoms. The minimum atomic E-state index is -0.161. The minimum Gasteiger partial charge on any atom is -0.472 e. The molecule has 2 aromatic heterocycles. The molecule has 14 heavy (non-hydrogen) atoms. The normalized spacial score (nSPS) is 13.1. The van der Waals surface area contributed by atoms with Crippen LogP contribution in [0.4, 0.5) is 0 Å². The molecule has 0 spiro atoms. The number of hydrogen-bond donors (Lipinski definition) is 1. The van der Waals surface area contributed by atoms with Crippen LogP contribution in [-0.2, 0) is 0 Å². The molecule has 2 N–H and O–H groups in total. The summed E-state index contributed by atoms with van der Waals surface area (Å²) < 4.78 is 10.4. The van der Waals surface area contributed by atoms with Gasteiger partial charge in [-0.2, -0.15) is 0 Å². The standard InChI is InChI=1S/C11H13NO2/c1-7-5-10(8(2)14-7)11(12)9-3-4-13-6-9/h3-6,11H,12H2,1-2H3. The number of rotatable bonds is 2. The summed E-state index contributed by atoms with van der Waals surface area (Å²) in [5, 5.41) is 0. The Kier molecular flexibility index (Phi) is 2.17. The summed E-state index contributed by atoms with van der Waals surface area (Å²) in [4.78, 5) is 0. The molecule has 2 aromatic rings. The van der Waals surface area contributed by atoms with E-state index >= 15 is 0 Å². The molecule has 0 fully saturated rings. The van der Waals surface area contributed by atoms with Gasteiger partial charge >= 0.3 is 0 Å². The Morgan fingerprint density at radius 3 is 2.64 bits per heavy atom. The van der Waals surface area contributed by atoms with Crippen LogP contribution in [0.5, 0.6) is 0 Å². The monoisotopic (exact) mass is 191 g/mol. The van der Waals surface area contributed by atoms with E-state index in [9.17, 15) is 0 Å². The third-order valence-electron chi connectivity index (χ3n) is 2.32. The Balaban J connectivity index is 2.36. The van der Waals surface area contributed by atoms with Crippen LogP contribution < -0.4 is 5.73 Å². The highest BCUT2D eigenvalue weighted by atomic mass is 16.3. The molecule has 0 aliphatic carbocycles. The summed E-state index contributed by atoms with van der Waals surface area (Å²) >= 11 is 0. The predicted molar refractivity (Wildman–Crippen MR) is 52.9 cm³/mol. The Bertz CT molecular complexity index is 414. The van der Waals surface area contributed by atoms with Gasteiger partial charge in [0, 0.05) is 11.1 Å². The van der Waals surface area contributed by atoms with Crippen LogP contribution in [0.1, 0.15) is 28.7 Å².